The molecule has 0 aliphatic carbocycles. The fourth-order valence-corrected chi connectivity index (χ4v) is 3.28. The van der Waals surface area contributed by atoms with Gasteiger partial charge in [0.1, 0.15) is 18.3 Å². The molecule has 0 bridgehead atoms. The molecule has 0 N–H and O–H groups in total. The maximum atomic E-state index is 12.4. The van der Waals surface area contributed by atoms with E-state index in [-0.39, 0.29) is 5.91 Å². The van der Waals surface area contributed by atoms with Gasteiger partial charge >= 0.3 is 0 Å². The fourth-order valence-electron chi connectivity index (χ4n) is 2.70. The second-order valence-electron chi connectivity index (χ2n) is 5.62. The van der Waals surface area contributed by atoms with Gasteiger partial charge in [-0.05, 0) is 19.1 Å². The smallest absolute Gasteiger partial charge is 0.273 e. The highest BCUT2D eigenvalue weighted by molar-refractivity contribution is 7.09. The summed E-state index contributed by atoms with van der Waals surface area (Å²) in [5, 5.41) is 15.2. The van der Waals surface area contributed by atoms with Crippen molar-refractivity contribution in [1.29, 1.82) is 0 Å². The van der Waals surface area contributed by atoms with Crippen molar-refractivity contribution in [2.24, 2.45) is 0 Å². The topological polar surface area (TPSA) is 92.9 Å². The zero-order valence-electron chi connectivity index (χ0n) is 13.6. The van der Waals surface area contributed by atoms with Crippen molar-refractivity contribution in [1.82, 2.24) is 34.8 Å². The molecular formula is C15H16N8OS. The van der Waals surface area contributed by atoms with Crippen LogP contribution in [0.5, 0.6) is 0 Å². The minimum absolute atomic E-state index is 0.00313. The lowest BCUT2D eigenvalue weighted by Crippen LogP contribution is -2.49. The Morgan fingerprint density at radius 2 is 1.88 bits per heavy atom. The van der Waals surface area contributed by atoms with Crippen molar-refractivity contribution < 1.29 is 4.79 Å². The Morgan fingerprint density at radius 3 is 2.48 bits per heavy atom. The quantitative estimate of drug-likeness (QED) is 0.685. The first-order valence-corrected chi connectivity index (χ1v) is 8.74. The van der Waals surface area contributed by atoms with E-state index in [0.717, 1.165) is 10.8 Å². The Kier molecular flexibility index (Phi) is 4.10. The summed E-state index contributed by atoms with van der Waals surface area (Å²) in [5.41, 5.74) is 0.535. The van der Waals surface area contributed by atoms with Crippen molar-refractivity contribution in [3.63, 3.8) is 0 Å². The third kappa shape index (κ3) is 3.20. The number of carbonyl (C=O) groups is 1. The minimum atomic E-state index is -0.00313. The maximum absolute atomic E-state index is 12.4. The molecular weight excluding hydrogens is 340 g/mol. The molecule has 9 nitrogen and oxygen atoms in total. The van der Waals surface area contributed by atoms with E-state index in [9.17, 15) is 4.79 Å². The summed E-state index contributed by atoms with van der Waals surface area (Å²) < 4.78 is 1.56. The fraction of sp³-hybridized carbons (Fsp3) is 0.333. The zero-order valence-corrected chi connectivity index (χ0v) is 14.4. The maximum Gasteiger partial charge on any atom is 0.273 e. The van der Waals surface area contributed by atoms with Crippen LogP contribution in [0.3, 0.4) is 0 Å². The van der Waals surface area contributed by atoms with Gasteiger partial charge in [0.2, 0.25) is 0 Å². The van der Waals surface area contributed by atoms with E-state index < -0.39 is 0 Å². The third-order valence-corrected chi connectivity index (χ3v) is 4.79. The highest BCUT2D eigenvalue weighted by atomic mass is 32.1. The number of nitrogens with zero attached hydrogens (tertiary/aromatic N) is 8. The van der Waals surface area contributed by atoms with Crippen LogP contribution < -0.4 is 4.90 Å². The van der Waals surface area contributed by atoms with Crippen molar-refractivity contribution in [2.45, 2.75) is 6.92 Å². The second kappa shape index (κ2) is 6.55. The van der Waals surface area contributed by atoms with Crippen molar-refractivity contribution in [3.05, 3.63) is 40.9 Å². The van der Waals surface area contributed by atoms with Gasteiger partial charge in [-0.3, -0.25) is 4.79 Å². The van der Waals surface area contributed by atoms with Crippen LogP contribution in [0.1, 0.15) is 15.5 Å². The number of aryl methyl sites for hydroxylation is 1. The molecule has 4 rings (SSSR count). The molecule has 10 heteroatoms. The first-order chi connectivity index (χ1) is 12.2. The molecule has 0 atom stereocenters. The van der Waals surface area contributed by atoms with Gasteiger partial charge in [-0.2, -0.15) is 5.10 Å². The number of piperazine rings is 1. The number of anilines is 1. The molecule has 1 fully saturated rings. The molecule has 0 spiro atoms. The summed E-state index contributed by atoms with van der Waals surface area (Å²) in [6.07, 6.45) is 3.03. The number of hydrogen-bond acceptors (Lipinski definition) is 8. The van der Waals surface area contributed by atoms with E-state index in [1.165, 1.54) is 17.7 Å². The first-order valence-electron chi connectivity index (χ1n) is 7.86. The Balaban J connectivity index is 1.39. The molecule has 0 saturated carbocycles. The second-order valence-corrected chi connectivity index (χ2v) is 6.68. The lowest BCUT2D eigenvalue weighted by atomic mass is 10.3. The highest BCUT2D eigenvalue weighted by Crippen LogP contribution is 2.16. The Hall–Kier alpha value is -2.88. The molecule has 1 saturated heterocycles. The predicted molar refractivity (Wildman–Crippen MR) is 91.9 cm³/mol. The van der Waals surface area contributed by atoms with Crippen LogP contribution in [0, 0.1) is 6.92 Å². The van der Waals surface area contributed by atoms with E-state index in [0.29, 0.717) is 37.7 Å². The van der Waals surface area contributed by atoms with Gasteiger partial charge in [-0.15, -0.1) is 21.5 Å². The standard InChI is InChI=1S/C15H16N8OS/c1-11-18-12(8-25-11)15(24)22-6-4-21(5-7-22)13-2-3-14(20-19-13)23-10-16-9-17-23/h2-3,8-10H,4-7H2,1H3. The van der Waals surface area contributed by atoms with E-state index >= 15 is 0 Å². The molecule has 0 radical (unpaired) electrons. The number of rotatable bonds is 3. The van der Waals surface area contributed by atoms with Gasteiger partial charge in [0.05, 0.1) is 5.01 Å². The Labute approximate surface area is 148 Å². The average Bonchev–Trinajstić information content (AvgIpc) is 3.33. The largest absolute Gasteiger partial charge is 0.352 e. The molecule has 1 aliphatic heterocycles. The molecule has 128 valence electrons. The lowest BCUT2D eigenvalue weighted by Gasteiger charge is -2.34. The molecule has 3 aromatic rings. The highest BCUT2D eigenvalue weighted by Gasteiger charge is 2.24. The SMILES string of the molecule is Cc1nc(C(=O)N2CCN(c3ccc(-n4cncn4)nn3)CC2)cs1. The van der Waals surface area contributed by atoms with E-state index in [2.05, 4.69) is 30.2 Å². The van der Waals surface area contributed by atoms with Crippen LogP contribution in [-0.4, -0.2) is 66.9 Å². The van der Waals surface area contributed by atoms with Gasteiger partial charge < -0.3 is 9.80 Å². The number of carbonyl (C=O) groups excluding carboxylic acids is 1. The van der Waals surface area contributed by atoms with Gasteiger partial charge in [-0.25, -0.2) is 14.6 Å². The summed E-state index contributed by atoms with van der Waals surface area (Å²) in [6, 6.07) is 3.76. The first kappa shape index (κ1) is 15.6. The van der Waals surface area contributed by atoms with Gasteiger partial charge in [-0.1, -0.05) is 0 Å². The van der Waals surface area contributed by atoms with Gasteiger partial charge in [0.15, 0.2) is 11.6 Å². The Bertz CT molecular complexity index is 852. The molecule has 0 aromatic carbocycles. The van der Waals surface area contributed by atoms with Gasteiger partial charge in [0.25, 0.3) is 5.91 Å². The summed E-state index contributed by atoms with van der Waals surface area (Å²) in [4.78, 5) is 24.6. The average molecular weight is 356 g/mol. The predicted octanol–water partition coefficient (Wildman–Crippen LogP) is 0.785. The Morgan fingerprint density at radius 1 is 1.12 bits per heavy atom. The summed E-state index contributed by atoms with van der Waals surface area (Å²) in [5.74, 6) is 1.41. The van der Waals surface area contributed by atoms with Crippen LogP contribution in [0.25, 0.3) is 5.82 Å². The van der Waals surface area contributed by atoms with E-state index in [1.54, 1.807) is 11.0 Å². The zero-order chi connectivity index (χ0) is 17.2. The van der Waals surface area contributed by atoms with Crippen LogP contribution >= 0.6 is 11.3 Å². The molecule has 0 unspecified atom stereocenters. The van der Waals surface area contributed by atoms with Crippen LogP contribution in [-0.2, 0) is 0 Å². The van der Waals surface area contributed by atoms with Crippen LogP contribution in [0.4, 0.5) is 5.82 Å². The van der Waals surface area contributed by atoms with Crippen molar-refractivity contribution in [3.8, 4) is 5.82 Å². The summed E-state index contributed by atoms with van der Waals surface area (Å²) >= 11 is 1.50. The molecule has 25 heavy (non-hydrogen) atoms. The molecule has 1 amide bonds. The summed E-state index contributed by atoms with van der Waals surface area (Å²) in [7, 11) is 0. The van der Waals surface area contributed by atoms with E-state index in [4.69, 9.17) is 0 Å². The lowest BCUT2D eigenvalue weighted by molar-refractivity contribution is 0.0741. The minimum Gasteiger partial charge on any atom is -0.352 e. The van der Waals surface area contributed by atoms with Crippen LogP contribution in [0.2, 0.25) is 0 Å². The van der Waals surface area contributed by atoms with Gasteiger partial charge in [0, 0.05) is 31.6 Å². The number of amides is 1. The van der Waals surface area contributed by atoms with Crippen LogP contribution in [0.15, 0.2) is 30.2 Å². The monoisotopic (exact) mass is 356 g/mol. The van der Waals surface area contributed by atoms with Crippen molar-refractivity contribution >= 4 is 23.1 Å². The van der Waals surface area contributed by atoms with E-state index in [1.807, 2.05) is 29.3 Å². The third-order valence-electron chi connectivity index (χ3n) is 4.02. The number of thiazole rings is 1. The number of hydrogen-bond donors (Lipinski definition) is 0. The molecule has 1 aliphatic rings. The normalized spacial score (nSPS) is 14.8. The van der Waals surface area contributed by atoms with Crippen molar-refractivity contribution in [2.75, 3.05) is 31.1 Å². The summed E-state index contributed by atoms with van der Waals surface area (Å²) in [6.45, 7) is 4.61. The molecule has 3 aromatic heterocycles. The molecule has 4 heterocycles. The number of aromatic nitrogens is 6.